The molecule has 1 atom stereocenters. The van der Waals surface area contributed by atoms with Gasteiger partial charge in [0.05, 0.1) is 18.6 Å². The zero-order chi connectivity index (χ0) is 22.1. The maximum atomic E-state index is 12.4. The fourth-order valence-electron chi connectivity index (χ4n) is 2.37. The maximum Gasteiger partial charge on any atom is 0.269 e. The maximum absolute atomic E-state index is 12.4. The van der Waals surface area contributed by atoms with E-state index in [1.165, 1.54) is 31.4 Å². The molecule has 8 nitrogen and oxygen atoms in total. The Hall–Kier alpha value is -3.07. The summed E-state index contributed by atoms with van der Waals surface area (Å²) in [4.78, 5) is 37.0. The van der Waals surface area contributed by atoms with Gasteiger partial charge in [-0.1, -0.05) is 19.9 Å². The second kappa shape index (κ2) is 11.2. The van der Waals surface area contributed by atoms with Crippen LogP contribution in [0.2, 0.25) is 0 Å². The third-order valence-corrected chi connectivity index (χ3v) is 5.03. The van der Waals surface area contributed by atoms with E-state index in [9.17, 15) is 14.4 Å². The molecule has 0 bridgehead atoms. The first-order valence-electron chi connectivity index (χ1n) is 9.57. The number of amides is 3. The Kier molecular flexibility index (Phi) is 8.67. The van der Waals surface area contributed by atoms with Gasteiger partial charge >= 0.3 is 0 Å². The van der Waals surface area contributed by atoms with Crippen LogP contribution in [0.25, 0.3) is 0 Å². The molecule has 3 amide bonds. The zero-order valence-corrected chi connectivity index (χ0v) is 18.3. The Morgan fingerprint density at radius 2 is 1.80 bits per heavy atom. The molecule has 1 unspecified atom stereocenters. The first-order chi connectivity index (χ1) is 14.3. The molecule has 162 valence electrons. The van der Waals surface area contributed by atoms with E-state index in [-0.39, 0.29) is 5.91 Å². The number of methoxy groups -OCH3 is 1. The lowest BCUT2D eigenvalue weighted by Crippen LogP contribution is -2.51. The number of rotatable bonds is 9. The van der Waals surface area contributed by atoms with E-state index in [0.29, 0.717) is 34.5 Å². The van der Waals surface area contributed by atoms with Gasteiger partial charge in [-0.25, -0.2) is 0 Å². The zero-order valence-electron chi connectivity index (χ0n) is 17.5. The number of hydrogen-bond donors (Lipinski definition) is 3. The lowest BCUT2D eigenvalue weighted by molar-refractivity contribution is -0.123. The van der Waals surface area contributed by atoms with Crippen LogP contribution in [0.3, 0.4) is 0 Å². The lowest BCUT2D eigenvalue weighted by atomic mass is 10.1. The standard InChI is InChI=1S/C21H27N3O5S/c1-13(2)9-10-29-16-8-7-15(12-17(16)28-4)20(26)24-23-19(25)14(3)22-21(27)18-6-5-11-30-18/h5-8,11-14H,9-10H2,1-4H3,(H,22,27)(H,23,25)(H,24,26). The molecule has 30 heavy (non-hydrogen) atoms. The molecule has 9 heteroatoms. The van der Waals surface area contributed by atoms with Gasteiger partial charge in [-0.3, -0.25) is 25.2 Å². The molecule has 2 rings (SSSR count). The molecule has 3 N–H and O–H groups in total. The molecular weight excluding hydrogens is 406 g/mol. The second-order valence-corrected chi connectivity index (χ2v) is 7.96. The third-order valence-electron chi connectivity index (χ3n) is 4.16. The quantitative estimate of drug-likeness (QED) is 0.528. The predicted octanol–water partition coefficient (Wildman–Crippen LogP) is 2.76. The van der Waals surface area contributed by atoms with Crippen LogP contribution in [0.5, 0.6) is 11.5 Å². The summed E-state index contributed by atoms with van der Waals surface area (Å²) in [5.74, 6) is 0.0675. The van der Waals surface area contributed by atoms with Crippen molar-refractivity contribution in [2.24, 2.45) is 5.92 Å². The van der Waals surface area contributed by atoms with Gasteiger partial charge in [-0.05, 0) is 48.9 Å². The van der Waals surface area contributed by atoms with Crippen molar-refractivity contribution in [2.45, 2.75) is 33.2 Å². The van der Waals surface area contributed by atoms with Crippen LogP contribution in [0.4, 0.5) is 0 Å². The Balaban J connectivity index is 1.88. The van der Waals surface area contributed by atoms with Gasteiger partial charge in [0.1, 0.15) is 6.04 Å². The summed E-state index contributed by atoms with van der Waals surface area (Å²) in [6.45, 7) is 6.29. The molecule has 0 spiro atoms. The van der Waals surface area contributed by atoms with E-state index in [2.05, 4.69) is 30.0 Å². The minimum atomic E-state index is -0.828. The van der Waals surface area contributed by atoms with Gasteiger partial charge < -0.3 is 14.8 Å². The molecule has 0 aliphatic heterocycles. The van der Waals surface area contributed by atoms with Crippen LogP contribution < -0.4 is 25.6 Å². The molecule has 0 radical (unpaired) electrons. The molecule has 1 aromatic carbocycles. The number of ether oxygens (including phenoxy) is 2. The van der Waals surface area contributed by atoms with Crippen LogP contribution in [0.15, 0.2) is 35.7 Å². The smallest absolute Gasteiger partial charge is 0.269 e. The van der Waals surface area contributed by atoms with E-state index in [1.54, 1.807) is 29.6 Å². The number of hydrogen-bond acceptors (Lipinski definition) is 6. The van der Waals surface area contributed by atoms with Gasteiger partial charge in [-0.2, -0.15) is 0 Å². The number of carbonyl (C=O) groups is 3. The molecule has 2 aromatic rings. The topological polar surface area (TPSA) is 106 Å². The van der Waals surface area contributed by atoms with E-state index in [0.717, 1.165) is 6.42 Å². The van der Waals surface area contributed by atoms with Gasteiger partial charge in [0.15, 0.2) is 11.5 Å². The summed E-state index contributed by atoms with van der Waals surface area (Å²) in [6.07, 6.45) is 0.901. The highest BCUT2D eigenvalue weighted by Gasteiger charge is 2.18. The number of hydrazine groups is 1. The van der Waals surface area contributed by atoms with Crippen molar-refractivity contribution in [2.75, 3.05) is 13.7 Å². The minimum absolute atomic E-state index is 0.290. The number of thiophene rings is 1. The van der Waals surface area contributed by atoms with Crippen molar-refractivity contribution >= 4 is 29.1 Å². The van der Waals surface area contributed by atoms with E-state index in [1.807, 2.05) is 0 Å². The Morgan fingerprint density at radius 1 is 1.03 bits per heavy atom. The summed E-state index contributed by atoms with van der Waals surface area (Å²) in [5.41, 5.74) is 4.93. The fourth-order valence-corrected chi connectivity index (χ4v) is 3.00. The van der Waals surface area contributed by atoms with E-state index >= 15 is 0 Å². The van der Waals surface area contributed by atoms with E-state index in [4.69, 9.17) is 9.47 Å². The summed E-state index contributed by atoms with van der Waals surface area (Å²) in [7, 11) is 1.49. The Morgan fingerprint density at radius 3 is 2.43 bits per heavy atom. The average Bonchev–Trinajstić information content (AvgIpc) is 3.26. The molecule has 1 heterocycles. The summed E-state index contributed by atoms with van der Waals surface area (Å²) in [5, 5.41) is 4.34. The summed E-state index contributed by atoms with van der Waals surface area (Å²) < 4.78 is 11.0. The first kappa shape index (κ1) is 23.2. The van der Waals surface area contributed by atoms with Gasteiger partial charge in [0.2, 0.25) is 0 Å². The second-order valence-electron chi connectivity index (χ2n) is 7.01. The fraction of sp³-hybridized carbons (Fsp3) is 0.381. The number of nitrogens with one attached hydrogen (secondary N) is 3. The van der Waals surface area contributed by atoms with Crippen molar-refractivity contribution in [3.63, 3.8) is 0 Å². The minimum Gasteiger partial charge on any atom is -0.493 e. The van der Waals surface area contributed by atoms with Gasteiger partial charge in [0, 0.05) is 5.56 Å². The van der Waals surface area contributed by atoms with Crippen molar-refractivity contribution in [3.05, 3.63) is 46.2 Å². The van der Waals surface area contributed by atoms with Crippen molar-refractivity contribution in [1.29, 1.82) is 0 Å². The lowest BCUT2D eigenvalue weighted by Gasteiger charge is -2.15. The van der Waals surface area contributed by atoms with Crippen LogP contribution >= 0.6 is 11.3 Å². The van der Waals surface area contributed by atoms with E-state index < -0.39 is 17.9 Å². The molecule has 0 saturated heterocycles. The molecule has 0 aliphatic rings. The van der Waals surface area contributed by atoms with Crippen LogP contribution in [-0.2, 0) is 4.79 Å². The average molecular weight is 434 g/mol. The highest BCUT2D eigenvalue weighted by atomic mass is 32.1. The normalized spacial score (nSPS) is 11.5. The summed E-state index contributed by atoms with van der Waals surface area (Å²) in [6, 6.07) is 7.35. The molecule has 0 fully saturated rings. The SMILES string of the molecule is COc1cc(C(=O)NNC(=O)C(C)NC(=O)c2cccs2)ccc1OCCC(C)C. The number of benzene rings is 1. The van der Waals surface area contributed by atoms with Gasteiger partial charge in [-0.15, -0.1) is 11.3 Å². The van der Waals surface area contributed by atoms with Crippen LogP contribution in [-0.4, -0.2) is 37.5 Å². The molecule has 1 aromatic heterocycles. The molecule has 0 saturated carbocycles. The van der Waals surface area contributed by atoms with Crippen LogP contribution in [0, 0.1) is 5.92 Å². The monoisotopic (exact) mass is 433 g/mol. The highest BCUT2D eigenvalue weighted by molar-refractivity contribution is 7.12. The Bertz CT molecular complexity index is 868. The first-order valence-corrected chi connectivity index (χ1v) is 10.4. The highest BCUT2D eigenvalue weighted by Crippen LogP contribution is 2.28. The predicted molar refractivity (Wildman–Crippen MR) is 115 cm³/mol. The molecular formula is C21H27N3O5S. The third kappa shape index (κ3) is 6.77. The van der Waals surface area contributed by atoms with Crippen molar-refractivity contribution in [1.82, 2.24) is 16.2 Å². The molecule has 0 aliphatic carbocycles. The van der Waals surface area contributed by atoms with Crippen molar-refractivity contribution in [3.8, 4) is 11.5 Å². The van der Waals surface area contributed by atoms with Crippen LogP contribution in [0.1, 0.15) is 47.2 Å². The van der Waals surface area contributed by atoms with Crippen molar-refractivity contribution < 1.29 is 23.9 Å². The van der Waals surface area contributed by atoms with Gasteiger partial charge in [0.25, 0.3) is 17.7 Å². The Labute approximate surface area is 179 Å². The largest absolute Gasteiger partial charge is 0.493 e. The number of carbonyl (C=O) groups excluding carboxylic acids is 3. The summed E-state index contributed by atoms with van der Waals surface area (Å²) >= 11 is 1.28.